The Labute approximate surface area is 104 Å². The molecule has 0 aliphatic heterocycles. The highest BCUT2D eigenvalue weighted by Gasteiger charge is 2.02. The molecular weight excluding hydrogens is 240 g/mol. The van der Waals surface area contributed by atoms with Gasteiger partial charge in [-0.3, -0.25) is 0 Å². The lowest BCUT2D eigenvalue weighted by molar-refractivity contribution is 0.602. The van der Waals surface area contributed by atoms with Crippen LogP contribution < -0.4 is 0 Å². The van der Waals surface area contributed by atoms with Crippen LogP contribution >= 0.6 is 11.8 Å². The Kier molecular flexibility index (Phi) is 13.6. The van der Waals surface area contributed by atoms with Crippen LogP contribution in [0.3, 0.4) is 0 Å². The third-order valence-corrected chi connectivity index (χ3v) is 3.64. The maximum Gasteiger partial charge on any atom is 0.157 e. The van der Waals surface area contributed by atoms with Gasteiger partial charge in [0, 0.05) is 11.5 Å². The van der Waals surface area contributed by atoms with Gasteiger partial charge in [-0.15, -0.1) is 26.3 Å². The van der Waals surface area contributed by atoms with E-state index in [9.17, 15) is 8.42 Å². The van der Waals surface area contributed by atoms with Crippen molar-refractivity contribution < 1.29 is 8.42 Å². The largest absolute Gasteiger partial charge is 0.228 e. The fraction of sp³-hybridized carbons (Fsp3) is 0.333. The minimum Gasteiger partial charge on any atom is -0.228 e. The van der Waals surface area contributed by atoms with E-state index < -0.39 is 9.84 Å². The Balaban J connectivity index is 0. The summed E-state index contributed by atoms with van der Waals surface area (Å²) in [4.78, 5) is 0. The first-order valence-corrected chi connectivity index (χ1v) is 7.73. The second-order valence-electron chi connectivity index (χ2n) is 2.77. The van der Waals surface area contributed by atoms with Crippen LogP contribution in [0.5, 0.6) is 0 Å². The smallest absolute Gasteiger partial charge is 0.157 e. The van der Waals surface area contributed by atoms with Crippen molar-refractivity contribution in [3.63, 3.8) is 0 Å². The molecule has 0 aromatic heterocycles. The zero-order chi connectivity index (χ0) is 12.9. The molecular formula is C12H20O2S2. The fourth-order valence-corrected chi connectivity index (χ4v) is 1.99. The van der Waals surface area contributed by atoms with E-state index in [-0.39, 0.29) is 11.5 Å². The summed E-state index contributed by atoms with van der Waals surface area (Å²) in [5, 5.41) is 0. The van der Waals surface area contributed by atoms with Crippen molar-refractivity contribution in [3.05, 3.63) is 50.6 Å². The van der Waals surface area contributed by atoms with E-state index in [1.54, 1.807) is 0 Å². The lowest BCUT2D eigenvalue weighted by Gasteiger charge is -1.92. The van der Waals surface area contributed by atoms with E-state index in [0.717, 1.165) is 11.5 Å². The zero-order valence-corrected chi connectivity index (χ0v) is 11.2. The molecule has 0 aromatic carbocycles. The van der Waals surface area contributed by atoms with Gasteiger partial charge in [-0.05, 0) is 0 Å². The SMILES string of the molecule is C=CCS(=O)(=O)CC=C.C=CCSCC=C. The minimum atomic E-state index is -2.92. The Morgan fingerprint density at radius 1 is 0.812 bits per heavy atom. The summed E-state index contributed by atoms with van der Waals surface area (Å²) in [7, 11) is -2.92. The molecule has 0 aromatic rings. The molecule has 92 valence electrons. The summed E-state index contributed by atoms with van der Waals surface area (Å²) < 4.78 is 21.4. The summed E-state index contributed by atoms with van der Waals surface area (Å²) in [6.07, 6.45) is 6.54. The van der Waals surface area contributed by atoms with Gasteiger partial charge in [-0.25, -0.2) is 8.42 Å². The Morgan fingerprint density at radius 3 is 1.44 bits per heavy atom. The van der Waals surface area contributed by atoms with Crippen LogP contribution in [0.1, 0.15) is 0 Å². The van der Waals surface area contributed by atoms with Crippen molar-refractivity contribution in [3.8, 4) is 0 Å². The van der Waals surface area contributed by atoms with Crippen LogP contribution in [0.4, 0.5) is 0 Å². The summed E-state index contributed by atoms with van der Waals surface area (Å²) in [5.41, 5.74) is 0. The van der Waals surface area contributed by atoms with E-state index in [0.29, 0.717) is 0 Å². The van der Waals surface area contributed by atoms with Crippen LogP contribution in [0, 0.1) is 0 Å². The molecule has 0 heterocycles. The first-order chi connectivity index (χ1) is 7.54. The number of hydrogen-bond donors (Lipinski definition) is 0. The Morgan fingerprint density at radius 2 is 1.19 bits per heavy atom. The highest BCUT2D eigenvalue weighted by atomic mass is 32.2. The van der Waals surface area contributed by atoms with E-state index in [4.69, 9.17) is 0 Å². The zero-order valence-electron chi connectivity index (χ0n) is 9.60. The number of sulfone groups is 1. The quantitative estimate of drug-likeness (QED) is 0.497. The van der Waals surface area contributed by atoms with Gasteiger partial charge in [0.2, 0.25) is 0 Å². The van der Waals surface area contributed by atoms with Crippen LogP contribution in [-0.4, -0.2) is 31.4 Å². The topological polar surface area (TPSA) is 34.1 Å². The van der Waals surface area contributed by atoms with Gasteiger partial charge < -0.3 is 0 Å². The first-order valence-electron chi connectivity index (χ1n) is 4.75. The van der Waals surface area contributed by atoms with Crippen molar-refractivity contribution in [1.82, 2.24) is 0 Å². The predicted molar refractivity (Wildman–Crippen MR) is 76.8 cm³/mol. The molecule has 0 aliphatic rings. The van der Waals surface area contributed by atoms with E-state index >= 15 is 0 Å². The molecule has 0 bridgehead atoms. The van der Waals surface area contributed by atoms with Crippen molar-refractivity contribution in [2.75, 3.05) is 23.0 Å². The molecule has 0 saturated carbocycles. The van der Waals surface area contributed by atoms with Crippen LogP contribution in [-0.2, 0) is 9.84 Å². The van der Waals surface area contributed by atoms with E-state index in [2.05, 4.69) is 26.3 Å². The summed E-state index contributed by atoms with van der Waals surface area (Å²) in [6.45, 7) is 13.8. The average molecular weight is 260 g/mol. The van der Waals surface area contributed by atoms with Gasteiger partial charge >= 0.3 is 0 Å². The summed E-state index contributed by atoms with van der Waals surface area (Å²) in [6, 6.07) is 0. The van der Waals surface area contributed by atoms with Crippen LogP contribution in [0.25, 0.3) is 0 Å². The number of rotatable bonds is 8. The van der Waals surface area contributed by atoms with Crippen molar-refractivity contribution in [2.24, 2.45) is 0 Å². The maximum absolute atomic E-state index is 10.7. The molecule has 4 heteroatoms. The third-order valence-electron chi connectivity index (χ3n) is 1.21. The van der Waals surface area contributed by atoms with Gasteiger partial charge in [0.25, 0.3) is 0 Å². The summed E-state index contributed by atoms with van der Waals surface area (Å²) >= 11 is 1.82. The normalized spacial score (nSPS) is 9.50. The van der Waals surface area contributed by atoms with Crippen molar-refractivity contribution in [2.45, 2.75) is 0 Å². The van der Waals surface area contributed by atoms with Gasteiger partial charge in [0.1, 0.15) is 0 Å². The van der Waals surface area contributed by atoms with Crippen LogP contribution in [0.2, 0.25) is 0 Å². The van der Waals surface area contributed by atoms with Crippen molar-refractivity contribution >= 4 is 21.6 Å². The molecule has 16 heavy (non-hydrogen) atoms. The Hall–Kier alpha value is -0.740. The Bertz CT molecular complexity index is 279. The van der Waals surface area contributed by atoms with E-state index in [1.165, 1.54) is 12.2 Å². The predicted octanol–water partition coefficient (Wildman–Crippen LogP) is 2.86. The number of thioether (sulfide) groups is 1. The molecule has 0 amide bonds. The highest BCUT2D eigenvalue weighted by Crippen LogP contribution is 1.97. The standard InChI is InChI=1S/C6H10O2S.C6H10S/c1-3-5-9(7,8)6-4-2;1-3-5-7-6-4-2/h3-4H,1-2,5-6H2;3-4H,1-2,5-6H2. The molecule has 0 rings (SSSR count). The molecule has 0 saturated heterocycles. The van der Waals surface area contributed by atoms with Crippen molar-refractivity contribution in [1.29, 1.82) is 0 Å². The van der Waals surface area contributed by atoms with Gasteiger partial charge in [-0.2, -0.15) is 11.8 Å². The summed E-state index contributed by atoms with van der Waals surface area (Å²) in [5.74, 6) is 2.15. The van der Waals surface area contributed by atoms with Gasteiger partial charge in [-0.1, -0.05) is 24.3 Å². The van der Waals surface area contributed by atoms with Crippen LogP contribution in [0.15, 0.2) is 50.6 Å². The van der Waals surface area contributed by atoms with E-state index in [1.807, 2.05) is 23.9 Å². The first kappa shape index (κ1) is 17.6. The number of hydrogen-bond acceptors (Lipinski definition) is 3. The van der Waals surface area contributed by atoms with Gasteiger partial charge in [0.15, 0.2) is 9.84 Å². The highest BCUT2D eigenvalue weighted by molar-refractivity contribution is 7.99. The molecule has 0 atom stereocenters. The molecule has 2 nitrogen and oxygen atoms in total. The molecule has 0 fully saturated rings. The molecule has 0 unspecified atom stereocenters. The molecule has 0 N–H and O–H groups in total. The maximum atomic E-state index is 10.7. The van der Waals surface area contributed by atoms with Gasteiger partial charge in [0.05, 0.1) is 11.5 Å². The minimum absolute atomic E-state index is 0.0407. The second-order valence-corrected chi connectivity index (χ2v) is 6.00. The molecule has 0 radical (unpaired) electrons. The second kappa shape index (κ2) is 12.3. The third kappa shape index (κ3) is 15.7. The average Bonchev–Trinajstić information content (AvgIpc) is 2.19. The molecule has 0 spiro atoms. The molecule has 0 aliphatic carbocycles. The lowest BCUT2D eigenvalue weighted by Crippen LogP contribution is -2.06. The monoisotopic (exact) mass is 260 g/mol. The fourth-order valence-electron chi connectivity index (χ4n) is 0.662. The lowest BCUT2D eigenvalue weighted by atomic mass is 10.8.